The quantitative estimate of drug-likeness (QED) is 0.843. The number of alkyl halides is 3. The normalized spacial score (nSPS) is 21.9. The number of aromatic nitrogens is 2. The van der Waals surface area contributed by atoms with Crippen molar-refractivity contribution in [3.05, 3.63) is 47.3 Å². The molecule has 2 aliphatic heterocycles. The first kappa shape index (κ1) is 19.7. The van der Waals surface area contributed by atoms with Gasteiger partial charge >= 0.3 is 6.18 Å². The molecule has 1 N–H and O–H groups in total. The summed E-state index contributed by atoms with van der Waals surface area (Å²) in [5.74, 6) is 0.866. The van der Waals surface area contributed by atoms with Crippen molar-refractivity contribution in [2.24, 2.45) is 11.8 Å². The Morgan fingerprint density at radius 3 is 2.52 bits per heavy atom. The van der Waals surface area contributed by atoms with Crippen LogP contribution in [0.25, 0.3) is 5.69 Å². The van der Waals surface area contributed by atoms with Crippen molar-refractivity contribution < 1.29 is 18.0 Å². The predicted octanol–water partition coefficient (Wildman–Crippen LogP) is 2.91. The maximum Gasteiger partial charge on any atom is 0.416 e. The fourth-order valence-electron chi connectivity index (χ4n) is 3.89. The predicted molar refractivity (Wildman–Crippen MR) is 96.3 cm³/mol. The van der Waals surface area contributed by atoms with E-state index in [0.29, 0.717) is 41.9 Å². The second kappa shape index (κ2) is 7.16. The largest absolute Gasteiger partial charge is 0.416 e. The SMILES string of the molecule is Cc1c(C(=O)N2C[C@H]3CNC[C@H]3C2)cnn1-c1cccc(C(F)(F)F)c1.Cl. The minimum Gasteiger partial charge on any atom is -0.338 e. The second-order valence-electron chi connectivity index (χ2n) is 6.99. The molecule has 1 amide bonds. The lowest BCUT2D eigenvalue weighted by molar-refractivity contribution is -0.137. The van der Waals surface area contributed by atoms with Crippen LogP contribution in [0.5, 0.6) is 0 Å². The molecule has 1 aromatic carbocycles. The van der Waals surface area contributed by atoms with Gasteiger partial charge in [0.05, 0.1) is 28.7 Å². The number of nitrogens with one attached hydrogen (secondary N) is 1. The number of amides is 1. The highest BCUT2D eigenvalue weighted by Gasteiger charge is 2.39. The van der Waals surface area contributed by atoms with E-state index in [9.17, 15) is 18.0 Å². The zero-order valence-corrected chi connectivity index (χ0v) is 15.5. The van der Waals surface area contributed by atoms with Crippen LogP contribution in [0.15, 0.2) is 30.5 Å². The third kappa shape index (κ3) is 3.55. The highest BCUT2D eigenvalue weighted by atomic mass is 35.5. The molecule has 27 heavy (non-hydrogen) atoms. The van der Waals surface area contributed by atoms with Gasteiger partial charge in [-0.15, -0.1) is 12.4 Å². The van der Waals surface area contributed by atoms with E-state index >= 15 is 0 Å². The maximum atomic E-state index is 12.9. The van der Waals surface area contributed by atoms with Crippen molar-refractivity contribution in [1.29, 1.82) is 0 Å². The van der Waals surface area contributed by atoms with E-state index in [4.69, 9.17) is 0 Å². The van der Waals surface area contributed by atoms with Gasteiger partial charge in [-0.3, -0.25) is 4.79 Å². The van der Waals surface area contributed by atoms with Gasteiger partial charge in [0.1, 0.15) is 0 Å². The van der Waals surface area contributed by atoms with Crippen LogP contribution in [-0.4, -0.2) is 46.8 Å². The lowest BCUT2D eigenvalue weighted by atomic mass is 10.0. The van der Waals surface area contributed by atoms with Crippen molar-refractivity contribution in [2.75, 3.05) is 26.2 Å². The number of hydrogen-bond donors (Lipinski definition) is 1. The molecule has 9 heteroatoms. The number of likely N-dealkylation sites (tertiary alicyclic amines) is 1. The Morgan fingerprint density at radius 1 is 1.22 bits per heavy atom. The van der Waals surface area contributed by atoms with Gasteiger partial charge in [0.15, 0.2) is 0 Å². The third-order valence-electron chi connectivity index (χ3n) is 5.33. The van der Waals surface area contributed by atoms with E-state index in [1.165, 1.54) is 16.9 Å². The molecule has 5 nitrogen and oxygen atoms in total. The highest BCUT2D eigenvalue weighted by Crippen LogP contribution is 2.31. The Labute approximate surface area is 160 Å². The van der Waals surface area contributed by atoms with E-state index in [1.54, 1.807) is 13.0 Å². The summed E-state index contributed by atoms with van der Waals surface area (Å²) < 4.78 is 40.2. The topological polar surface area (TPSA) is 50.2 Å². The summed E-state index contributed by atoms with van der Waals surface area (Å²) in [4.78, 5) is 14.7. The molecular formula is C18H20ClF3N4O. The molecule has 0 unspecified atom stereocenters. The summed E-state index contributed by atoms with van der Waals surface area (Å²) in [5, 5.41) is 7.49. The standard InChI is InChI=1S/C18H19F3N4O.ClH/c1-11-16(17(26)24-9-12-6-22-7-13(12)10-24)8-23-25(11)15-4-2-3-14(5-15)18(19,20)21;/h2-5,8,12-13,22H,6-7,9-10H2,1H3;1H/t12-,13+;. The maximum absolute atomic E-state index is 12.9. The van der Waals surface area contributed by atoms with Crippen molar-refractivity contribution in [1.82, 2.24) is 20.0 Å². The van der Waals surface area contributed by atoms with Crippen molar-refractivity contribution in [3.63, 3.8) is 0 Å². The van der Waals surface area contributed by atoms with E-state index in [1.807, 2.05) is 4.90 Å². The number of halogens is 4. The zero-order valence-electron chi connectivity index (χ0n) is 14.7. The van der Waals surface area contributed by atoms with E-state index in [0.717, 1.165) is 25.2 Å². The number of rotatable bonds is 2. The van der Waals surface area contributed by atoms with E-state index in [2.05, 4.69) is 10.4 Å². The van der Waals surface area contributed by atoms with Crippen LogP contribution in [0.3, 0.4) is 0 Å². The Balaban J connectivity index is 0.00000210. The fourth-order valence-corrected chi connectivity index (χ4v) is 3.89. The zero-order chi connectivity index (χ0) is 18.5. The molecule has 4 rings (SSSR count). The summed E-state index contributed by atoms with van der Waals surface area (Å²) in [5.41, 5.74) is 0.538. The van der Waals surface area contributed by atoms with E-state index in [-0.39, 0.29) is 18.3 Å². The van der Waals surface area contributed by atoms with Gasteiger partial charge in [-0.1, -0.05) is 6.07 Å². The van der Waals surface area contributed by atoms with Crippen LogP contribution < -0.4 is 5.32 Å². The molecule has 0 saturated carbocycles. The van der Waals surface area contributed by atoms with E-state index < -0.39 is 11.7 Å². The molecule has 0 bridgehead atoms. The number of carbonyl (C=O) groups excluding carboxylic acids is 1. The molecule has 2 atom stereocenters. The number of fused-ring (bicyclic) bond motifs is 1. The summed E-state index contributed by atoms with van der Waals surface area (Å²) >= 11 is 0. The Kier molecular flexibility index (Phi) is 5.22. The van der Waals surface area contributed by atoms with Gasteiger partial charge in [0.2, 0.25) is 0 Å². The minimum atomic E-state index is -4.42. The molecule has 0 spiro atoms. The van der Waals surface area contributed by atoms with Gasteiger partial charge in [-0.05, 0) is 37.0 Å². The molecule has 2 fully saturated rings. The third-order valence-corrected chi connectivity index (χ3v) is 5.33. The lowest BCUT2D eigenvalue weighted by Crippen LogP contribution is -2.32. The van der Waals surface area contributed by atoms with Crippen LogP contribution in [0, 0.1) is 18.8 Å². The first-order chi connectivity index (χ1) is 12.3. The van der Waals surface area contributed by atoms with Crippen LogP contribution in [0.2, 0.25) is 0 Å². The average Bonchev–Trinajstić information content (AvgIpc) is 3.27. The number of nitrogens with zero attached hydrogens (tertiary/aromatic N) is 3. The number of benzene rings is 1. The van der Waals surface area contributed by atoms with Crippen molar-refractivity contribution >= 4 is 18.3 Å². The van der Waals surface area contributed by atoms with Gasteiger partial charge in [-0.25, -0.2) is 4.68 Å². The smallest absolute Gasteiger partial charge is 0.338 e. The Morgan fingerprint density at radius 2 is 1.89 bits per heavy atom. The van der Waals surface area contributed by atoms with Crippen LogP contribution in [0.4, 0.5) is 13.2 Å². The highest BCUT2D eigenvalue weighted by molar-refractivity contribution is 5.95. The molecule has 0 radical (unpaired) electrons. The molecule has 2 saturated heterocycles. The van der Waals surface area contributed by atoms with Gasteiger partial charge in [-0.2, -0.15) is 18.3 Å². The first-order valence-corrected chi connectivity index (χ1v) is 8.57. The molecule has 146 valence electrons. The van der Waals surface area contributed by atoms with Crippen LogP contribution >= 0.6 is 12.4 Å². The first-order valence-electron chi connectivity index (χ1n) is 8.57. The molecule has 3 heterocycles. The Bertz CT molecular complexity index is 839. The fraction of sp³-hybridized carbons (Fsp3) is 0.444. The molecular weight excluding hydrogens is 381 g/mol. The monoisotopic (exact) mass is 400 g/mol. The molecule has 2 aromatic rings. The lowest BCUT2D eigenvalue weighted by Gasteiger charge is -2.17. The second-order valence-corrected chi connectivity index (χ2v) is 6.99. The summed E-state index contributed by atoms with van der Waals surface area (Å²) in [6.07, 6.45) is -2.97. The van der Waals surface area contributed by atoms with Crippen LogP contribution in [-0.2, 0) is 6.18 Å². The van der Waals surface area contributed by atoms with Crippen molar-refractivity contribution in [3.8, 4) is 5.69 Å². The van der Waals surface area contributed by atoms with Gasteiger partial charge in [0, 0.05) is 26.2 Å². The Hall–Kier alpha value is -2.06. The summed E-state index contributed by atoms with van der Waals surface area (Å²) in [6.45, 7) is 4.99. The van der Waals surface area contributed by atoms with Gasteiger partial charge in [0.25, 0.3) is 5.91 Å². The molecule has 0 aliphatic carbocycles. The van der Waals surface area contributed by atoms with Crippen LogP contribution in [0.1, 0.15) is 21.6 Å². The van der Waals surface area contributed by atoms with Crippen molar-refractivity contribution in [2.45, 2.75) is 13.1 Å². The number of hydrogen-bond acceptors (Lipinski definition) is 3. The molecule has 1 aromatic heterocycles. The number of carbonyl (C=O) groups is 1. The average molecular weight is 401 g/mol. The summed E-state index contributed by atoms with van der Waals surface area (Å²) in [7, 11) is 0. The summed E-state index contributed by atoms with van der Waals surface area (Å²) in [6, 6.07) is 4.95. The molecule has 2 aliphatic rings. The van der Waals surface area contributed by atoms with Gasteiger partial charge < -0.3 is 10.2 Å². The minimum absolute atomic E-state index is 0.